The molecule has 0 aromatic heterocycles. The molecule has 0 aliphatic carbocycles. The number of amides is 1. The smallest absolute Gasteiger partial charge is 0.253 e. The van der Waals surface area contributed by atoms with Crippen molar-refractivity contribution in [3.8, 4) is 0 Å². The number of piperidine rings is 1. The Balaban J connectivity index is 1.68. The summed E-state index contributed by atoms with van der Waals surface area (Å²) in [6.07, 6.45) is 3.21. The van der Waals surface area contributed by atoms with Gasteiger partial charge in [0.1, 0.15) is 5.69 Å². The Morgan fingerprint density at radius 1 is 1.58 bits per heavy atom. The molecule has 8 heteroatoms. The maximum atomic E-state index is 12.5. The van der Waals surface area contributed by atoms with E-state index in [1.54, 1.807) is 0 Å². The second-order valence-electron chi connectivity index (χ2n) is 6.57. The van der Waals surface area contributed by atoms with Crippen molar-refractivity contribution in [3.05, 3.63) is 32.1 Å². The van der Waals surface area contributed by atoms with Crippen molar-refractivity contribution < 1.29 is 9.53 Å². The van der Waals surface area contributed by atoms with Gasteiger partial charge in [-0.2, -0.15) is 0 Å². The summed E-state index contributed by atoms with van der Waals surface area (Å²) in [5, 5.41) is 9.56. The predicted molar refractivity (Wildman–Crippen MR) is 95.9 cm³/mol. The highest BCUT2D eigenvalue weighted by atomic mass is 79.9. The van der Waals surface area contributed by atoms with Crippen molar-refractivity contribution >= 4 is 39.1 Å². The lowest BCUT2D eigenvalue weighted by Gasteiger charge is -2.26. The Bertz CT molecular complexity index is 656. The van der Waals surface area contributed by atoms with Gasteiger partial charge in [-0.25, -0.2) is 0 Å². The molecule has 24 heavy (non-hydrogen) atoms. The molecule has 3 rings (SSSR count). The number of rotatable bonds is 4. The molecule has 2 N–H and O–H groups in total. The van der Waals surface area contributed by atoms with Crippen LogP contribution in [0, 0.1) is 4.91 Å². The number of ether oxygens (including phenoxy) is 1. The fraction of sp³-hybridized carbons (Fsp3) is 0.562. The van der Waals surface area contributed by atoms with Crippen molar-refractivity contribution in [2.24, 2.45) is 5.18 Å². The van der Waals surface area contributed by atoms with Crippen LogP contribution < -0.4 is 10.6 Å². The Labute approximate surface area is 153 Å². The number of hydrogen-bond acceptors (Lipinski definition) is 5. The molecule has 130 valence electrons. The Hall–Kier alpha value is -1.02. The molecule has 2 aliphatic heterocycles. The van der Waals surface area contributed by atoms with Crippen LogP contribution in [0.4, 0.5) is 5.69 Å². The predicted octanol–water partition coefficient (Wildman–Crippen LogP) is 3.53. The minimum absolute atomic E-state index is 0.0218. The lowest BCUT2D eigenvalue weighted by atomic mass is 9.95. The van der Waals surface area contributed by atoms with E-state index in [4.69, 9.17) is 16.3 Å². The Morgan fingerprint density at radius 2 is 2.38 bits per heavy atom. The summed E-state index contributed by atoms with van der Waals surface area (Å²) in [5.41, 5.74) is -0.201. The minimum atomic E-state index is -0.416. The summed E-state index contributed by atoms with van der Waals surface area (Å²) in [4.78, 5) is 23.4. The summed E-state index contributed by atoms with van der Waals surface area (Å²) in [5.74, 6) is -0.366. The van der Waals surface area contributed by atoms with Crippen LogP contribution in [-0.2, 0) is 4.74 Å². The molecule has 0 saturated carbocycles. The largest absolute Gasteiger partial charge is 0.369 e. The molecule has 6 nitrogen and oxygen atoms in total. The minimum Gasteiger partial charge on any atom is -0.369 e. The molecule has 0 spiro atoms. The van der Waals surface area contributed by atoms with Crippen LogP contribution in [0.25, 0.3) is 0 Å². The Morgan fingerprint density at radius 3 is 3.08 bits per heavy atom. The van der Waals surface area contributed by atoms with Crippen LogP contribution in [0.5, 0.6) is 0 Å². The van der Waals surface area contributed by atoms with Crippen LogP contribution in [0.3, 0.4) is 0 Å². The summed E-state index contributed by atoms with van der Waals surface area (Å²) in [6.45, 7) is 3.39. The molecular formula is C16H19BrClN3O3. The van der Waals surface area contributed by atoms with E-state index in [-0.39, 0.29) is 23.3 Å². The number of nitrogens with one attached hydrogen (secondary N) is 2. The quantitative estimate of drug-likeness (QED) is 0.736. The number of fused-ring (bicyclic) bond motifs is 1. The van der Waals surface area contributed by atoms with E-state index in [0.717, 1.165) is 25.8 Å². The van der Waals surface area contributed by atoms with E-state index in [0.29, 0.717) is 22.1 Å². The first-order valence-electron chi connectivity index (χ1n) is 7.94. The molecule has 1 aromatic rings. The van der Waals surface area contributed by atoms with Gasteiger partial charge in [-0.05, 0) is 66.0 Å². The van der Waals surface area contributed by atoms with Gasteiger partial charge in [-0.1, -0.05) is 11.6 Å². The number of benzene rings is 1. The first-order valence-corrected chi connectivity index (χ1v) is 9.11. The number of hydrogen-bond donors (Lipinski definition) is 2. The average Bonchev–Trinajstić information content (AvgIpc) is 2.91. The zero-order chi connectivity index (χ0) is 17.3. The zero-order valence-corrected chi connectivity index (χ0v) is 15.6. The van der Waals surface area contributed by atoms with Crippen molar-refractivity contribution in [3.63, 3.8) is 0 Å². The van der Waals surface area contributed by atoms with Crippen LogP contribution >= 0.6 is 27.5 Å². The number of carbonyl (C=O) groups excluding carboxylic acids is 1. The standard InChI is InChI=1S/C16H19BrClN3O3/c1-16(7-13-14(24-16)3-2-4-19-13)8-20-15(22)9-5-10(17)11(18)6-12(9)21-23/h5-6,13-14,19H,2-4,7-8H2,1H3,(H,20,22)/t13-,14-,16?/m0/s1. The summed E-state index contributed by atoms with van der Waals surface area (Å²) >= 11 is 9.20. The van der Waals surface area contributed by atoms with Crippen LogP contribution in [0.2, 0.25) is 5.02 Å². The van der Waals surface area contributed by atoms with Crippen LogP contribution in [0.1, 0.15) is 36.5 Å². The molecule has 2 saturated heterocycles. The first kappa shape index (κ1) is 17.8. The second-order valence-corrected chi connectivity index (χ2v) is 7.83. The molecule has 2 fully saturated rings. The van der Waals surface area contributed by atoms with Crippen LogP contribution in [-0.4, -0.2) is 36.7 Å². The van der Waals surface area contributed by atoms with Crippen molar-refractivity contribution in [1.82, 2.24) is 10.6 Å². The highest BCUT2D eigenvalue weighted by molar-refractivity contribution is 9.10. The van der Waals surface area contributed by atoms with Crippen molar-refractivity contribution in [1.29, 1.82) is 0 Å². The van der Waals surface area contributed by atoms with Gasteiger partial charge >= 0.3 is 0 Å². The van der Waals surface area contributed by atoms with Crippen molar-refractivity contribution in [2.75, 3.05) is 13.1 Å². The lowest BCUT2D eigenvalue weighted by Crippen LogP contribution is -2.42. The average molecular weight is 417 g/mol. The van der Waals surface area contributed by atoms with Gasteiger partial charge in [0.2, 0.25) is 0 Å². The first-order chi connectivity index (χ1) is 11.4. The van der Waals surface area contributed by atoms with Gasteiger partial charge in [0.25, 0.3) is 5.91 Å². The van der Waals surface area contributed by atoms with Gasteiger partial charge in [0.15, 0.2) is 0 Å². The molecule has 2 aliphatic rings. The molecule has 1 unspecified atom stereocenters. The molecule has 1 amide bonds. The van der Waals surface area contributed by atoms with Gasteiger partial charge in [0, 0.05) is 17.1 Å². The maximum Gasteiger partial charge on any atom is 0.253 e. The lowest BCUT2D eigenvalue weighted by molar-refractivity contribution is -0.0357. The highest BCUT2D eigenvalue weighted by Crippen LogP contribution is 2.34. The third-order valence-electron chi connectivity index (χ3n) is 4.61. The molecule has 0 radical (unpaired) electrons. The number of halogens is 2. The van der Waals surface area contributed by atoms with E-state index in [1.165, 1.54) is 12.1 Å². The maximum absolute atomic E-state index is 12.5. The number of nitroso groups, excluding NO2 is 1. The second kappa shape index (κ2) is 7.07. The number of nitrogens with zero attached hydrogens (tertiary/aromatic N) is 1. The third kappa shape index (κ3) is 3.64. The number of carbonyl (C=O) groups is 1. The van der Waals surface area contributed by atoms with Gasteiger partial charge in [0.05, 0.1) is 22.3 Å². The highest BCUT2D eigenvalue weighted by Gasteiger charge is 2.44. The SMILES string of the molecule is CC1(CNC(=O)c2cc(Br)c(Cl)cc2N=O)C[C@@H]2NCCC[C@@H]2O1. The molecule has 2 heterocycles. The zero-order valence-electron chi connectivity index (χ0n) is 13.3. The van der Waals surface area contributed by atoms with Crippen molar-refractivity contribution in [2.45, 2.75) is 43.9 Å². The summed E-state index contributed by atoms with van der Waals surface area (Å²) < 4.78 is 6.69. The van der Waals surface area contributed by atoms with Gasteiger partial charge in [-0.3, -0.25) is 4.79 Å². The summed E-state index contributed by atoms with van der Waals surface area (Å²) in [6, 6.07) is 3.23. The molecule has 0 bridgehead atoms. The third-order valence-corrected chi connectivity index (χ3v) is 5.81. The van der Waals surface area contributed by atoms with E-state index in [2.05, 4.69) is 31.7 Å². The van der Waals surface area contributed by atoms with E-state index < -0.39 is 5.60 Å². The van der Waals surface area contributed by atoms with E-state index in [9.17, 15) is 9.70 Å². The molecule has 1 aromatic carbocycles. The monoisotopic (exact) mass is 415 g/mol. The van der Waals surface area contributed by atoms with E-state index in [1.807, 2.05) is 6.92 Å². The molecular weight excluding hydrogens is 398 g/mol. The molecule has 3 atom stereocenters. The normalized spacial score (nSPS) is 29.1. The van der Waals surface area contributed by atoms with Gasteiger partial charge in [-0.15, -0.1) is 4.91 Å². The van der Waals surface area contributed by atoms with Crippen LogP contribution in [0.15, 0.2) is 21.8 Å². The fourth-order valence-electron chi connectivity index (χ4n) is 3.42. The van der Waals surface area contributed by atoms with Gasteiger partial charge < -0.3 is 15.4 Å². The fourth-order valence-corrected chi connectivity index (χ4v) is 3.92. The van der Waals surface area contributed by atoms with E-state index >= 15 is 0 Å². The summed E-state index contributed by atoms with van der Waals surface area (Å²) in [7, 11) is 0. The Kier molecular flexibility index (Phi) is 5.24. The topological polar surface area (TPSA) is 79.8 Å².